The van der Waals surface area contributed by atoms with Crippen LogP contribution in [0.2, 0.25) is 0 Å². The van der Waals surface area contributed by atoms with Gasteiger partial charge in [0.05, 0.1) is 0 Å². The monoisotopic (exact) mass is 328 g/mol. The van der Waals surface area contributed by atoms with Gasteiger partial charge in [0.15, 0.2) is 0 Å². The third-order valence-electron chi connectivity index (χ3n) is 6.69. The third kappa shape index (κ3) is 2.68. The molecule has 0 aromatic heterocycles. The fraction of sp³-hybridized carbons (Fsp3) is 0.682. The second-order valence-corrected chi connectivity index (χ2v) is 9.11. The van der Waals surface area contributed by atoms with Gasteiger partial charge in [-0.2, -0.15) is 0 Å². The molecule has 0 N–H and O–H groups in total. The van der Waals surface area contributed by atoms with E-state index in [0.717, 1.165) is 12.2 Å². The molecular weight excluding hydrogens is 296 g/mol. The summed E-state index contributed by atoms with van der Waals surface area (Å²) in [6.07, 6.45) is 6.08. The molecule has 2 nitrogen and oxygen atoms in total. The first-order chi connectivity index (χ1) is 11.2. The molecule has 1 aromatic carbocycles. The number of ether oxygens (including phenoxy) is 1. The SMILES string of the molecule is CC(=O)Oc1c(C(C)C)ccc2c1CC[C@H]1C(C)(C)CCC[C@]21C. The van der Waals surface area contributed by atoms with E-state index in [1.54, 1.807) is 0 Å². The average molecular weight is 328 g/mol. The number of esters is 1. The number of benzene rings is 1. The van der Waals surface area contributed by atoms with Crippen LogP contribution in [0.25, 0.3) is 0 Å². The zero-order valence-corrected chi connectivity index (χ0v) is 16.2. The van der Waals surface area contributed by atoms with Gasteiger partial charge in [-0.1, -0.05) is 53.2 Å². The molecule has 24 heavy (non-hydrogen) atoms. The lowest BCUT2D eigenvalue weighted by molar-refractivity contribution is -0.132. The number of carbonyl (C=O) groups is 1. The van der Waals surface area contributed by atoms with Crippen LogP contribution in [0.3, 0.4) is 0 Å². The first-order valence-electron chi connectivity index (χ1n) is 9.51. The van der Waals surface area contributed by atoms with Gasteiger partial charge in [0, 0.05) is 6.92 Å². The Labute approximate surface area is 147 Å². The maximum Gasteiger partial charge on any atom is 0.308 e. The van der Waals surface area contributed by atoms with Crippen LogP contribution in [0.1, 0.15) is 89.8 Å². The number of hydrogen-bond acceptors (Lipinski definition) is 2. The van der Waals surface area contributed by atoms with Crippen molar-refractivity contribution in [3.05, 3.63) is 28.8 Å². The Morgan fingerprint density at radius 3 is 2.54 bits per heavy atom. The first-order valence-corrected chi connectivity index (χ1v) is 9.51. The van der Waals surface area contributed by atoms with Crippen LogP contribution < -0.4 is 4.74 Å². The van der Waals surface area contributed by atoms with Crippen LogP contribution in [0.4, 0.5) is 0 Å². The number of fused-ring (bicyclic) bond motifs is 3. The average Bonchev–Trinajstić information content (AvgIpc) is 2.46. The molecule has 2 aliphatic carbocycles. The summed E-state index contributed by atoms with van der Waals surface area (Å²) in [5.74, 6) is 1.72. The molecule has 2 heteroatoms. The lowest BCUT2D eigenvalue weighted by atomic mass is 9.50. The summed E-state index contributed by atoms with van der Waals surface area (Å²) in [6.45, 7) is 13.2. The minimum Gasteiger partial charge on any atom is -0.426 e. The molecule has 2 aliphatic rings. The fourth-order valence-corrected chi connectivity index (χ4v) is 5.59. The van der Waals surface area contributed by atoms with Crippen molar-refractivity contribution in [2.24, 2.45) is 11.3 Å². The van der Waals surface area contributed by atoms with Crippen molar-refractivity contribution in [2.75, 3.05) is 0 Å². The molecule has 0 bridgehead atoms. The maximum atomic E-state index is 11.7. The van der Waals surface area contributed by atoms with Crippen molar-refractivity contribution in [3.63, 3.8) is 0 Å². The third-order valence-corrected chi connectivity index (χ3v) is 6.69. The van der Waals surface area contributed by atoms with Crippen molar-refractivity contribution >= 4 is 5.97 Å². The van der Waals surface area contributed by atoms with E-state index in [1.165, 1.54) is 49.3 Å². The van der Waals surface area contributed by atoms with Gasteiger partial charge in [-0.25, -0.2) is 0 Å². The molecule has 0 saturated heterocycles. The zero-order chi connectivity index (χ0) is 17.7. The predicted molar refractivity (Wildman–Crippen MR) is 98.6 cm³/mol. The normalized spacial score (nSPS) is 28.2. The van der Waals surface area contributed by atoms with E-state index < -0.39 is 0 Å². The highest BCUT2D eigenvalue weighted by Crippen LogP contribution is 2.58. The molecule has 0 aliphatic heterocycles. The molecule has 0 unspecified atom stereocenters. The van der Waals surface area contributed by atoms with E-state index in [9.17, 15) is 4.79 Å². The maximum absolute atomic E-state index is 11.7. The summed E-state index contributed by atoms with van der Waals surface area (Å²) in [5.41, 5.74) is 4.50. The molecule has 1 saturated carbocycles. The van der Waals surface area contributed by atoms with Crippen LogP contribution in [-0.4, -0.2) is 5.97 Å². The van der Waals surface area contributed by atoms with Gasteiger partial charge in [-0.15, -0.1) is 0 Å². The van der Waals surface area contributed by atoms with Crippen LogP contribution in [-0.2, 0) is 16.6 Å². The van der Waals surface area contributed by atoms with Crippen LogP contribution in [0.15, 0.2) is 12.1 Å². The number of carbonyl (C=O) groups excluding carboxylic acids is 1. The molecule has 0 heterocycles. The van der Waals surface area contributed by atoms with Gasteiger partial charge < -0.3 is 4.74 Å². The minimum atomic E-state index is -0.207. The largest absolute Gasteiger partial charge is 0.426 e. The highest BCUT2D eigenvalue weighted by Gasteiger charge is 2.50. The van der Waals surface area contributed by atoms with E-state index >= 15 is 0 Å². The summed E-state index contributed by atoms with van der Waals surface area (Å²) in [6, 6.07) is 4.54. The molecule has 0 radical (unpaired) electrons. The molecule has 1 aromatic rings. The Bertz CT molecular complexity index is 656. The van der Waals surface area contributed by atoms with Gasteiger partial charge in [-0.05, 0) is 65.0 Å². The molecular formula is C22H32O2. The predicted octanol–water partition coefficient (Wildman–Crippen LogP) is 5.77. The van der Waals surface area contributed by atoms with Gasteiger partial charge in [-0.3, -0.25) is 4.79 Å². The van der Waals surface area contributed by atoms with Crippen LogP contribution in [0, 0.1) is 11.3 Å². The zero-order valence-electron chi connectivity index (χ0n) is 16.2. The van der Waals surface area contributed by atoms with Gasteiger partial charge in [0.25, 0.3) is 0 Å². The minimum absolute atomic E-state index is 0.207. The van der Waals surface area contributed by atoms with Crippen molar-refractivity contribution in [1.82, 2.24) is 0 Å². The van der Waals surface area contributed by atoms with E-state index in [4.69, 9.17) is 4.74 Å². The number of hydrogen-bond donors (Lipinski definition) is 0. The second kappa shape index (κ2) is 5.89. The van der Waals surface area contributed by atoms with Crippen LogP contribution in [0.5, 0.6) is 5.75 Å². The summed E-state index contributed by atoms with van der Waals surface area (Å²) < 4.78 is 5.74. The van der Waals surface area contributed by atoms with Gasteiger partial charge in [0.1, 0.15) is 5.75 Å². The quantitative estimate of drug-likeness (QED) is 0.509. The van der Waals surface area contributed by atoms with Crippen molar-refractivity contribution in [2.45, 2.75) is 85.0 Å². The lowest BCUT2D eigenvalue weighted by Crippen LogP contribution is -2.48. The molecule has 132 valence electrons. The smallest absolute Gasteiger partial charge is 0.308 e. The van der Waals surface area contributed by atoms with E-state index in [2.05, 4.69) is 46.8 Å². The Kier molecular flexibility index (Phi) is 4.30. The highest BCUT2D eigenvalue weighted by molar-refractivity contribution is 5.71. The molecule has 0 amide bonds. The lowest BCUT2D eigenvalue weighted by Gasteiger charge is -2.54. The van der Waals surface area contributed by atoms with E-state index in [1.807, 2.05) is 0 Å². The Hall–Kier alpha value is -1.31. The molecule has 0 spiro atoms. The summed E-state index contributed by atoms with van der Waals surface area (Å²) in [5, 5.41) is 0. The second-order valence-electron chi connectivity index (χ2n) is 9.11. The summed E-state index contributed by atoms with van der Waals surface area (Å²) in [7, 11) is 0. The number of rotatable bonds is 2. The molecule has 2 atom stereocenters. The summed E-state index contributed by atoms with van der Waals surface area (Å²) >= 11 is 0. The van der Waals surface area contributed by atoms with Crippen molar-refractivity contribution in [1.29, 1.82) is 0 Å². The first kappa shape index (κ1) is 17.5. The van der Waals surface area contributed by atoms with E-state index in [0.29, 0.717) is 17.3 Å². The van der Waals surface area contributed by atoms with Gasteiger partial charge in [0.2, 0.25) is 0 Å². The van der Waals surface area contributed by atoms with E-state index in [-0.39, 0.29) is 11.4 Å². The van der Waals surface area contributed by atoms with Gasteiger partial charge >= 0.3 is 5.97 Å². The van der Waals surface area contributed by atoms with Crippen molar-refractivity contribution < 1.29 is 9.53 Å². The Balaban J connectivity index is 2.16. The topological polar surface area (TPSA) is 26.3 Å². The molecule has 1 fully saturated rings. The standard InChI is InChI=1S/C22H32O2/c1-14(2)16-8-10-18-17(20(16)24-15(3)23)9-11-19-21(4,5)12-7-13-22(18,19)6/h8,10,14,19H,7,9,11-13H2,1-6H3/t19-,22+/m0/s1. The highest BCUT2D eigenvalue weighted by atomic mass is 16.5. The summed E-state index contributed by atoms with van der Waals surface area (Å²) in [4.78, 5) is 11.7. The fourth-order valence-electron chi connectivity index (χ4n) is 5.59. The van der Waals surface area contributed by atoms with Crippen molar-refractivity contribution in [3.8, 4) is 5.75 Å². The Morgan fingerprint density at radius 2 is 1.92 bits per heavy atom. The molecule has 3 rings (SSSR count). The van der Waals surface area contributed by atoms with Crippen LogP contribution >= 0.6 is 0 Å². The Morgan fingerprint density at radius 1 is 1.21 bits per heavy atom.